The van der Waals surface area contributed by atoms with Crippen LogP contribution in [-0.4, -0.2) is 48.4 Å². The molecule has 0 unspecified atom stereocenters. The van der Waals surface area contributed by atoms with E-state index >= 15 is 0 Å². The fourth-order valence-corrected chi connectivity index (χ4v) is 4.11. The van der Waals surface area contributed by atoms with Crippen molar-refractivity contribution in [2.24, 2.45) is 0 Å². The summed E-state index contributed by atoms with van der Waals surface area (Å²) in [4.78, 5) is 15.3. The fraction of sp³-hybridized carbons (Fsp3) is 0.241. The Morgan fingerprint density at radius 1 is 0.917 bits per heavy atom. The molecule has 0 bridgehead atoms. The van der Waals surface area contributed by atoms with E-state index < -0.39 is 0 Å². The third-order valence-corrected chi connectivity index (χ3v) is 6.58. The number of methoxy groups -OCH3 is 2. The van der Waals surface area contributed by atoms with Gasteiger partial charge < -0.3 is 14.4 Å². The summed E-state index contributed by atoms with van der Waals surface area (Å²) in [6.07, 6.45) is 0.668. The largest absolute Gasteiger partial charge is 0.493 e. The predicted molar refractivity (Wildman–Crippen MR) is 144 cm³/mol. The minimum atomic E-state index is -0.118. The predicted octanol–water partition coefficient (Wildman–Crippen LogP) is 6.14. The van der Waals surface area contributed by atoms with E-state index in [4.69, 9.17) is 26.2 Å². The van der Waals surface area contributed by atoms with E-state index in [2.05, 4.69) is 26.0 Å². The van der Waals surface area contributed by atoms with Crippen molar-refractivity contribution in [2.75, 3.05) is 27.8 Å². The van der Waals surface area contributed by atoms with Crippen LogP contribution in [0.5, 0.6) is 11.5 Å². The van der Waals surface area contributed by atoms with E-state index in [-0.39, 0.29) is 5.91 Å². The Morgan fingerprint density at radius 2 is 1.64 bits per heavy atom. The summed E-state index contributed by atoms with van der Waals surface area (Å²) in [5, 5.41) is 5.44. The Bertz CT molecular complexity index is 1380. The lowest BCUT2D eigenvalue weighted by atomic mass is 10.0. The molecule has 6 nitrogen and oxygen atoms in total. The average molecular weight is 504 g/mol. The number of nitrogens with zero attached hydrogens (tertiary/aromatic N) is 3. The van der Waals surface area contributed by atoms with E-state index in [9.17, 15) is 4.79 Å². The van der Waals surface area contributed by atoms with Crippen LogP contribution in [0.1, 0.15) is 27.2 Å². The van der Waals surface area contributed by atoms with Crippen LogP contribution in [0.25, 0.3) is 16.9 Å². The highest BCUT2D eigenvalue weighted by Gasteiger charge is 2.21. The molecule has 36 heavy (non-hydrogen) atoms. The maximum absolute atomic E-state index is 13.6. The zero-order valence-corrected chi connectivity index (χ0v) is 22.0. The maximum atomic E-state index is 13.6. The van der Waals surface area contributed by atoms with Crippen LogP contribution in [0, 0.1) is 13.8 Å². The second-order valence-electron chi connectivity index (χ2n) is 8.77. The highest BCUT2D eigenvalue weighted by molar-refractivity contribution is 6.30. The number of halogens is 1. The minimum Gasteiger partial charge on any atom is -0.493 e. The van der Waals surface area contributed by atoms with Crippen molar-refractivity contribution >= 4 is 17.5 Å². The Hall–Kier alpha value is -3.77. The smallest absolute Gasteiger partial charge is 0.272 e. The Kier molecular flexibility index (Phi) is 7.65. The second-order valence-corrected chi connectivity index (χ2v) is 9.20. The van der Waals surface area contributed by atoms with Gasteiger partial charge in [0.2, 0.25) is 0 Å². The molecule has 1 aromatic heterocycles. The molecular weight excluding hydrogens is 474 g/mol. The second kappa shape index (κ2) is 10.9. The third kappa shape index (κ3) is 5.39. The van der Waals surface area contributed by atoms with E-state index in [1.807, 2.05) is 42.5 Å². The summed E-state index contributed by atoms with van der Waals surface area (Å²) in [6, 6.07) is 21.2. The van der Waals surface area contributed by atoms with Gasteiger partial charge in [-0.2, -0.15) is 5.10 Å². The summed E-state index contributed by atoms with van der Waals surface area (Å²) >= 11 is 6.10. The van der Waals surface area contributed by atoms with Crippen molar-refractivity contribution in [3.63, 3.8) is 0 Å². The van der Waals surface area contributed by atoms with Crippen LogP contribution in [0.3, 0.4) is 0 Å². The molecule has 1 heterocycles. The van der Waals surface area contributed by atoms with E-state index in [0.717, 1.165) is 22.5 Å². The van der Waals surface area contributed by atoms with Crippen molar-refractivity contribution in [3.8, 4) is 28.4 Å². The number of aryl methyl sites for hydroxylation is 2. The minimum absolute atomic E-state index is 0.118. The molecule has 0 saturated heterocycles. The van der Waals surface area contributed by atoms with Gasteiger partial charge in [-0.05, 0) is 85.5 Å². The highest BCUT2D eigenvalue weighted by atomic mass is 35.5. The number of likely N-dealkylation sites (N-methyl/N-ethyl adjacent to an activating group) is 1. The fourth-order valence-electron chi connectivity index (χ4n) is 3.98. The molecule has 7 heteroatoms. The molecule has 4 rings (SSSR count). The van der Waals surface area contributed by atoms with E-state index in [1.165, 1.54) is 11.1 Å². The molecule has 0 radical (unpaired) electrons. The van der Waals surface area contributed by atoms with Crippen molar-refractivity contribution < 1.29 is 14.3 Å². The molecule has 0 fully saturated rings. The molecule has 186 valence electrons. The summed E-state index contributed by atoms with van der Waals surface area (Å²) in [5.41, 5.74) is 6.40. The molecule has 1 amide bonds. The number of hydrogen-bond acceptors (Lipinski definition) is 4. The number of benzene rings is 3. The Morgan fingerprint density at radius 3 is 2.31 bits per heavy atom. The maximum Gasteiger partial charge on any atom is 0.272 e. The van der Waals surface area contributed by atoms with Gasteiger partial charge in [-0.25, -0.2) is 4.68 Å². The van der Waals surface area contributed by atoms with Crippen molar-refractivity contribution in [1.29, 1.82) is 0 Å². The molecule has 3 aromatic carbocycles. The Balaban J connectivity index is 1.63. The number of hydrogen-bond donors (Lipinski definition) is 0. The van der Waals surface area contributed by atoms with E-state index in [1.54, 1.807) is 43.0 Å². The number of carbonyl (C=O) groups is 1. The first-order valence-corrected chi connectivity index (χ1v) is 12.1. The number of amides is 1. The van der Waals surface area contributed by atoms with Gasteiger partial charge >= 0.3 is 0 Å². The van der Waals surface area contributed by atoms with Crippen LogP contribution >= 0.6 is 11.6 Å². The summed E-state index contributed by atoms with van der Waals surface area (Å²) < 4.78 is 12.4. The molecular formula is C29H30ClN3O3. The first kappa shape index (κ1) is 25.3. The molecule has 0 atom stereocenters. The monoisotopic (exact) mass is 503 g/mol. The van der Waals surface area contributed by atoms with Crippen LogP contribution in [0.4, 0.5) is 0 Å². The topological polar surface area (TPSA) is 56.6 Å². The van der Waals surface area contributed by atoms with Crippen LogP contribution in [0.15, 0.2) is 66.7 Å². The zero-order chi connectivity index (χ0) is 25.8. The number of ether oxygens (including phenoxy) is 2. The van der Waals surface area contributed by atoms with Gasteiger partial charge in [0.15, 0.2) is 11.5 Å². The lowest BCUT2D eigenvalue weighted by Crippen LogP contribution is -2.30. The normalized spacial score (nSPS) is 10.8. The van der Waals surface area contributed by atoms with Gasteiger partial charge in [-0.15, -0.1) is 0 Å². The van der Waals surface area contributed by atoms with Gasteiger partial charge in [0.05, 0.1) is 25.6 Å². The van der Waals surface area contributed by atoms with Crippen molar-refractivity contribution in [3.05, 3.63) is 94.1 Å². The molecule has 0 aliphatic heterocycles. The third-order valence-electron chi connectivity index (χ3n) is 6.33. The van der Waals surface area contributed by atoms with E-state index in [0.29, 0.717) is 35.2 Å². The summed E-state index contributed by atoms with van der Waals surface area (Å²) in [5.74, 6) is 1.23. The number of rotatable bonds is 8. The molecule has 0 N–H and O–H groups in total. The van der Waals surface area contributed by atoms with Gasteiger partial charge in [0.25, 0.3) is 5.91 Å². The lowest BCUT2D eigenvalue weighted by molar-refractivity contribution is 0.0787. The first-order chi connectivity index (χ1) is 17.3. The van der Waals surface area contributed by atoms with Crippen molar-refractivity contribution in [1.82, 2.24) is 14.7 Å². The summed E-state index contributed by atoms with van der Waals surface area (Å²) in [6.45, 7) is 4.68. The first-order valence-electron chi connectivity index (χ1n) is 11.7. The van der Waals surface area contributed by atoms with Gasteiger partial charge in [-0.1, -0.05) is 29.8 Å². The molecule has 0 spiro atoms. The van der Waals surface area contributed by atoms with Gasteiger partial charge in [0.1, 0.15) is 5.69 Å². The quantitative estimate of drug-likeness (QED) is 0.290. The highest BCUT2D eigenvalue weighted by Crippen LogP contribution is 2.28. The standard InChI is InChI=1S/C29H30ClN3O3/c1-19-6-8-22(16-20(19)2)25-18-26(33(31-25)24-11-9-23(30)10-12-24)29(34)32(3)15-14-21-7-13-27(35-4)28(17-21)36-5/h6-13,16-18H,14-15H2,1-5H3. The van der Waals surface area contributed by atoms with Crippen molar-refractivity contribution in [2.45, 2.75) is 20.3 Å². The van der Waals surface area contributed by atoms with Crippen LogP contribution in [0.2, 0.25) is 5.02 Å². The molecule has 0 aliphatic rings. The molecule has 4 aromatic rings. The molecule has 0 saturated carbocycles. The van der Waals surface area contributed by atoms with Crippen LogP contribution in [-0.2, 0) is 6.42 Å². The zero-order valence-electron chi connectivity index (χ0n) is 21.2. The SMILES string of the molecule is COc1ccc(CCN(C)C(=O)c2cc(-c3ccc(C)c(C)c3)nn2-c2ccc(Cl)cc2)cc1OC. The lowest BCUT2D eigenvalue weighted by Gasteiger charge is -2.18. The summed E-state index contributed by atoms with van der Waals surface area (Å²) in [7, 11) is 5.03. The number of carbonyl (C=O) groups excluding carboxylic acids is 1. The Labute approximate surface area is 217 Å². The van der Waals surface area contributed by atoms with Crippen LogP contribution < -0.4 is 9.47 Å². The van der Waals surface area contributed by atoms with Gasteiger partial charge in [-0.3, -0.25) is 4.79 Å². The number of aromatic nitrogens is 2. The van der Waals surface area contributed by atoms with Gasteiger partial charge in [0, 0.05) is 24.2 Å². The average Bonchev–Trinajstić information content (AvgIpc) is 3.34. The molecule has 0 aliphatic carbocycles.